The number of rotatable bonds is 6. The molecule has 0 atom stereocenters. The van der Waals surface area contributed by atoms with Crippen LogP contribution in [0, 0.1) is 18.8 Å². The first kappa shape index (κ1) is 28.3. The number of nitrogens with one attached hydrogen (secondary N) is 1. The van der Waals surface area contributed by atoms with Gasteiger partial charge in [-0.25, -0.2) is 4.98 Å². The Kier molecular flexibility index (Phi) is 8.35. The third-order valence-electron chi connectivity index (χ3n) is 7.09. The maximum Gasteiger partial charge on any atom is 0.416 e. The Hall–Kier alpha value is -4.24. The van der Waals surface area contributed by atoms with Crippen molar-refractivity contribution in [3.63, 3.8) is 0 Å². The summed E-state index contributed by atoms with van der Waals surface area (Å²) in [7, 11) is 0. The predicted octanol–water partition coefficient (Wildman–Crippen LogP) is 3.82. The number of carbonyl (C=O) groups excluding carboxylic acids is 1. The third-order valence-corrected chi connectivity index (χ3v) is 7.09. The van der Waals surface area contributed by atoms with Crippen molar-refractivity contribution < 1.29 is 23.1 Å². The number of nitrogens with zero attached hydrogens (tertiary/aromatic N) is 5. The number of aromatic nitrogens is 3. The van der Waals surface area contributed by atoms with Gasteiger partial charge >= 0.3 is 6.18 Å². The average Bonchev–Trinajstić information content (AvgIpc) is 3.37. The summed E-state index contributed by atoms with van der Waals surface area (Å²) in [4.78, 5) is 25.4. The normalized spacial score (nSPS) is 14.6. The smallest absolute Gasteiger partial charge is 0.395 e. The number of hydrogen-bond donors (Lipinski definition) is 2. The summed E-state index contributed by atoms with van der Waals surface area (Å²) < 4.78 is 43.8. The first-order chi connectivity index (χ1) is 19.7. The van der Waals surface area contributed by atoms with Crippen LogP contribution in [0.5, 0.6) is 0 Å². The van der Waals surface area contributed by atoms with Gasteiger partial charge in [-0.15, -0.1) is 0 Å². The van der Waals surface area contributed by atoms with E-state index in [4.69, 9.17) is 5.11 Å². The molecule has 41 heavy (non-hydrogen) atoms. The highest BCUT2D eigenvalue weighted by Crippen LogP contribution is 2.34. The van der Waals surface area contributed by atoms with Crippen molar-refractivity contribution in [2.24, 2.45) is 0 Å². The van der Waals surface area contributed by atoms with Crippen molar-refractivity contribution in [3.05, 3.63) is 94.7 Å². The van der Waals surface area contributed by atoms with Gasteiger partial charge in [-0.3, -0.25) is 24.0 Å². The summed E-state index contributed by atoms with van der Waals surface area (Å²) in [6.45, 7) is 5.25. The maximum absolute atomic E-state index is 14.0. The summed E-state index contributed by atoms with van der Waals surface area (Å²) in [5, 5.41) is 11.7. The van der Waals surface area contributed by atoms with Gasteiger partial charge in [0.1, 0.15) is 5.69 Å². The zero-order valence-corrected chi connectivity index (χ0v) is 22.4. The Bertz CT molecular complexity index is 1610. The van der Waals surface area contributed by atoms with E-state index in [1.807, 2.05) is 11.8 Å². The average molecular weight is 563 g/mol. The lowest BCUT2D eigenvalue weighted by molar-refractivity contribution is -0.138. The largest absolute Gasteiger partial charge is 0.416 e. The van der Waals surface area contributed by atoms with Crippen LogP contribution < -0.4 is 5.32 Å². The maximum atomic E-state index is 14.0. The van der Waals surface area contributed by atoms with E-state index < -0.39 is 17.6 Å². The minimum atomic E-state index is -4.57. The fourth-order valence-electron chi connectivity index (χ4n) is 4.78. The van der Waals surface area contributed by atoms with E-state index in [9.17, 15) is 18.0 Å². The van der Waals surface area contributed by atoms with E-state index in [2.05, 4.69) is 32.0 Å². The Morgan fingerprint density at radius 3 is 2.59 bits per heavy atom. The van der Waals surface area contributed by atoms with Crippen molar-refractivity contribution in [3.8, 4) is 11.8 Å². The minimum Gasteiger partial charge on any atom is -0.395 e. The number of halogens is 3. The zero-order chi connectivity index (χ0) is 29.0. The molecular formula is C30H29F3N6O2. The molecule has 11 heteroatoms. The third kappa shape index (κ3) is 6.74. The van der Waals surface area contributed by atoms with E-state index in [-0.39, 0.29) is 30.0 Å². The highest BCUT2D eigenvalue weighted by atomic mass is 19.4. The van der Waals surface area contributed by atoms with Crippen LogP contribution in [0.1, 0.15) is 38.3 Å². The van der Waals surface area contributed by atoms with Gasteiger partial charge in [0.15, 0.2) is 5.65 Å². The Morgan fingerprint density at radius 2 is 1.83 bits per heavy atom. The number of anilines is 1. The predicted molar refractivity (Wildman–Crippen MR) is 148 cm³/mol. The zero-order valence-electron chi connectivity index (χ0n) is 22.4. The highest BCUT2D eigenvalue weighted by Gasteiger charge is 2.34. The number of piperazine rings is 1. The molecule has 4 aromatic rings. The number of carbonyl (C=O) groups is 1. The summed E-state index contributed by atoms with van der Waals surface area (Å²) in [6.07, 6.45) is 2.07. The second kappa shape index (κ2) is 12.1. The van der Waals surface area contributed by atoms with E-state index in [0.717, 1.165) is 11.6 Å². The number of aliphatic hydroxyl groups excluding tert-OH is 1. The molecular weight excluding hydrogens is 533 g/mol. The second-order valence-electron chi connectivity index (χ2n) is 9.89. The van der Waals surface area contributed by atoms with E-state index in [1.165, 1.54) is 12.1 Å². The molecule has 1 aliphatic heterocycles. The lowest BCUT2D eigenvalue weighted by Crippen LogP contribution is -2.46. The van der Waals surface area contributed by atoms with Crippen molar-refractivity contribution in [1.82, 2.24) is 24.2 Å². The number of amides is 1. The molecule has 0 aliphatic carbocycles. The van der Waals surface area contributed by atoms with Crippen LogP contribution in [0.3, 0.4) is 0 Å². The van der Waals surface area contributed by atoms with Crippen LogP contribution in [0.4, 0.5) is 18.9 Å². The minimum absolute atomic E-state index is 0.0594. The van der Waals surface area contributed by atoms with Crippen LogP contribution in [0.25, 0.3) is 5.65 Å². The van der Waals surface area contributed by atoms with Crippen LogP contribution in [-0.2, 0) is 12.7 Å². The second-order valence-corrected chi connectivity index (χ2v) is 9.89. The number of hydrogen-bond acceptors (Lipinski definition) is 6. The quantitative estimate of drug-likeness (QED) is 0.348. The van der Waals surface area contributed by atoms with E-state index in [0.29, 0.717) is 49.6 Å². The lowest BCUT2D eigenvalue weighted by atomic mass is 10.0. The van der Waals surface area contributed by atoms with Crippen molar-refractivity contribution >= 4 is 17.2 Å². The molecule has 5 rings (SSSR count). The molecule has 0 bridgehead atoms. The number of imidazole rings is 1. The molecule has 1 aliphatic rings. The molecule has 8 nitrogen and oxygen atoms in total. The number of benzene rings is 2. The number of β-amino-alcohol motifs (C(OH)–C–C–N with tert-alkyl or cyclic N) is 1. The molecule has 2 N–H and O–H groups in total. The van der Waals surface area contributed by atoms with Crippen molar-refractivity contribution in [2.75, 3.05) is 44.6 Å². The van der Waals surface area contributed by atoms with E-state index in [1.54, 1.807) is 47.4 Å². The SMILES string of the molecule is Cc1ccc(C(=O)Nc2ccc(CN3CCN(CCO)CC3)c(C(F)(F)F)c2)cc1C#Cc1cnc2cnccn12. The molecule has 3 heterocycles. The van der Waals surface area contributed by atoms with Gasteiger partial charge in [-0.1, -0.05) is 18.1 Å². The van der Waals surface area contributed by atoms with Gasteiger partial charge in [0.2, 0.25) is 0 Å². The first-order valence-corrected chi connectivity index (χ1v) is 13.2. The first-order valence-electron chi connectivity index (χ1n) is 13.2. The molecule has 2 aromatic carbocycles. The van der Waals surface area contributed by atoms with Crippen LogP contribution >= 0.6 is 0 Å². The molecule has 212 valence electrons. The lowest BCUT2D eigenvalue weighted by Gasteiger charge is -2.34. The summed E-state index contributed by atoms with van der Waals surface area (Å²) in [5.74, 6) is 5.60. The van der Waals surface area contributed by atoms with Gasteiger partial charge in [-0.2, -0.15) is 13.2 Å². The monoisotopic (exact) mass is 562 g/mol. The van der Waals surface area contributed by atoms with Crippen molar-refractivity contribution in [2.45, 2.75) is 19.6 Å². The van der Waals surface area contributed by atoms with Crippen LogP contribution in [0.2, 0.25) is 0 Å². The van der Waals surface area contributed by atoms with Crippen molar-refractivity contribution in [1.29, 1.82) is 0 Å². The van der Waals surface area contributed by atoms with Gasteiger partial charge in [0.25, 0.3) is 5.91 Å². The number of aliphatic hydroxyl groups is 1. The molecule has 1 fully saturated rings. The number of alkyl halides is 3. The van der Waals surface area contributed by atoms with Gasteiger partial charge in [-0.05, 0) is 48.2 Å². The summed E-state index contributed by atoms with van der Waals surface area (Å²) in [6, 6.07) is 8.91. The van der Waals surface area contributed by atoms with Gasteiger partial charge in [0, 0.05) is 68.5 Å². The summed E-state index contributed by atoms with van der Waals surface area (Å²) >= 11 is 0. The molecule has 0 spiro atoms. The molecule has 2 aromatic heterocycles. The standard InChI is InChI=1S/C30H29F3N6O2/c1-21-2-3-23(16-22(21)5-7-26-18-35-28-19-34-8-9-39(26)28)29(41)36-25-6-4-24(27(17-25)30(31,32)33)20-38-12-10-37(11-13-38)14-15-40/h2-4,6,8-9,16-19,40H,10-15,20H2,1H3,(H,36,41). The molecule has 0 unspecified atom stereocenters. The van der Waals surface area contributed by atoms with E-state index >= 15 is 0 Å². The molecule has 0 saturated carbocycles. The highest BCUT2D eigenvalue weighted by molar-refractivity contribution is 6.04. The molecule has 0 radical (unpaired) electrons. The van der Waals surface area contributed by atoms with Gasteiger partial charge < -0.3 is 10.4 Å². The Morgan fingerprint density at radius 1 is 1.05 bits per heavy atom. The fraction of sp³-hybridized carbons (Fsp3) is 0.300. The van der Waals surface area contributed by atoms with Gasteiger partial charge in [0.05, 0.1) is 24.6 Å². The molecule has 1 amide bonds. The van der Waals surface area contributed by atoms with Crippen LogP contribution in [0.15, 0.2) is 61.2 Å². The topological polar surface area (TPSA) is 86.0 Å². The fourth-order valence-corrected chi connectivity index (χ4v) is 4.78. The summed E-state index contributed by atoms with van der Waals surface area (Å²) in [5.41, 5.74) is 2.51. The molecule has 1 saturated heterocycles. The van der Waals surface area contributed by atoms with Crippen LogP contribution in [-0.4, -0.2) is 74.5 Å². The Labute approximate surface area is 235 Å². The Balaban J connectivity index is 1.32. The number of aryl methyl sites for hydroxylation is 1. The number of fused-ring (bicyclic) bond motifs is 1.